The van der Waals surface area contributed by atoms with E-state index in [1.165, 1.54) is 0 Å². The lowest BCUT2D eigenvalue weighted by Gasteiger charge is -2.18. The van der Waals surface area contributed by atoms with Crippen molar-refractivity contribution in [2.24, 2.45) is 0 Å². The van der Waals surface area contributed by atoms with Gasteiger partial charge in [0.2, 0.25) is 0 Å². The van der Waals surface area contributed by atoms with E-state index in [1.54, 1.807) is 0 Å². The van der Waals surface area contributed by atoms with E-state index >= 15 is 0 Å². The Hall–Kier alpha value is -3.19. The summed E-state index contributed by atoms with van der Waals surface area (Å²) in [6.45, 7) is -0.487. The highest BCUT2D eigenvalue weighted by Crippen LogP contribution is 2.36. The fraction of sp³-hybridized carbons (Fsp3) is 0.438. The topological polar surface area (TPSA) is 128 Å². The number of amides is 3. The second-order valence-corrected chi connectivity index (χ2v) is 6.03. The van der Waals surface area contributed by atoms with Crippen molar-refractivity contribution in [2.75, 3.05) is 13.1 Å². The molecule has 0 saturated heterocycles. The molecule has 0 aliphatic rings. The van der Waals surface area contributed by atoms with Crippen LogP contribution in [0.1, 0.15) is 34.3 Å². The monoisotopic (exact) mass is 445 g/mol. The number of carboxylic acid groups (broad SMARTS) is 2. The summed E-state index contributed by atoms with van der Waals surface area (Å²) in [6, 6.07) is -0.585. The second-order valence-electron chi connectivity index (χ2n) is 6.03. The van der Waals surface area contributed by atoms with Crippen LogP contribution in [0.15, 0.2) is 18.2 Å². The first kappa shape index (κ1) is 24.8. The number of benzene rings is 1. The van der Waals surface area contributed by atoms with Gasteiger partial charge in [-0.05, 0) is 31.0 Å². The van der Waals surface area contributed by atoms with Crippen molar-refractivity contribution in [3.8, 4) is 0 Å². The normalized spacial score (nSPS) is 12.7. The van der Waals surface area contributed by atoms with E-state index in [9.17, 15) is 40.7 Å². The summed E-state index contributed by atoms with van der Waals surface area (Å²) in [5.41, 5.74) is -4.23. The van der Waals surface area contributed by atoms with Gasteiger partial charge < -0.3 is 26.2 Å². The van der Waals surface area contributed by atoms with Gasteiger partial charge in [-0.25, -0.2) is 9.59 Å². The summed E-state index contributed by atoms with van der Waals surface area (Å²) in [5.74, 6) is -1.27. The van der Waals surface area contributed by atoms with Gasteiger partial charge in [0.15, 0.2) is 0 Å². The van der Waals surface area contributed by atoms with Crippen LogP contribution in [0, 0.1) is 0 Å². The molecule has 0 fully saturated rings. The third-order valence-electron chi connectivity index (χ3n) is 3.69. The summed E-state index contributed by atoms with van der Waals surface area (Å²) >= 11 is 0. The maximum absolute atomic E-state index is 12.9. The zero-order chi connectivity index (χ0) is 23.1. The molecule has 30 heavy (non-hydrogen) atoms. The molecule has 1 aromatic carbocycles. The number of halogens is 6. The molecule has 0 radical (unpaired) electrons. The third-order valence-corrected chi connectivity index (χ3v) is 3.69. The Bertz CT molecular complexity index is 749. The second kappa shape index (κ2) is 10.0. The quantitative estimate of drug-likeness (QED) is 0.310. The minimum atomic E-state index is -5.12. The maximum Gasteiger partial charge on any atom is 0.416 e. The van der Waals surface area contributed by atoms with Gasteiger partial charge in [0.05, 0.1) is 11.1 Å². The Morgan fingerprint density at radius 1 is 0.867 bits per heavy atom. The fourth-order valence-electron chi connectivity index (χ4n) is 2.35. The number of hydrogen-bond acceptors (Lipinski definition) is 3. The minimum absolute atomic E-state index is 0.0310. The van der Waals surface area contributed by atoms with Gasteiger partial charge in [0.1, 0.15) is 0 Å². The molecule has 5 N–H and O–H groups in total. The molecular weight excluding hydrogens is 428 g/mol. The Morgan fingerprint density at radius 3 is 1.83 bits per heavy atom. The average Bonchev–Trinajstić information content (AvgIpc) is 2.60. The number of rotatable bonds is 8. The Kier molecular flexibility index (Phi) is 8.30. The van der Waals surface area contributed by atoms with E-state index in [0.717, 1.165) is 0 Å². The van der Waals surface area contributed by atoms with Crippen LogP contribution in [0.3, 0.4) is 0 Å². The van der Waals surface area contributed by atoms with Crippen molar-refractivity contribution in [3.63, 3.8) is 0 Å². The SMILES string of the molecule is O=C(O)NCCCC(CNC(=O)c1cc(C(F)(F)F)cc(C(F)(F)F)c1)NC(=O)O. The highest BCUT2D eigenvalue weighted by Gasteiger charge is 2.37. The largest absolute Gasteiger partial charge is 0.465 e. The van der Waals surface area contributed by atoms with Crippen LogP contribution < -0.4 is 16.0 Å². The van der Waals surface area contributed by atoms with Gasteiger partial charge in [-0.15, -0.1) is 0 Å². The van der Waals surface area contributed by atoms with Crippen LogP contribution in [-0.2, 0) is 12.4 Å². The van der Waals surface area contributed by atoms with Crippen LogP contribution in [0.25, 0.3) is 0 Å². The maximum atomic E-state index is 12.9. The first-order valence-electron chi connectivity index (χ1n) is 8.24. The molecule has 14 heteroatoms. The molecule has 0 aliphatic heterocycles. The molecule has 3 amide bonds. The Labute approximate surface area is 165 Å². The Morgan fingerprint density at radius 2 is 1.40 bits per heavy atom. The van der Waals surface area contributed by atoms with Crippen molar-refractivity contribution >= 4 is 18.1 Å². The third kappa shape index (κ3) is 8.45. The van der Waals surface area contributed by atoms with E-state index in [0.29, 0.717) is 0 Å². The summed E-state index contributed by atoms with van der Waals surface area (Å²) in [6.07, 6.45) is -12.9. The average molecular weight is 445 g/mol. The van der Waals surface area contributed by atoms with Crippen LogP contribution in [-0.4, -0.2) is 47.4 Å². The van der Waals surface area contributed by atoms with E-state index in [2.05, 4.69) is 5.32 Å². The smallest absolute Gasteiger partial charge is 0.416 e. The van der Waals surface area contributed by atoms with Gasteiger partial charge in [-0.3, -0.25) is 4.79 Å². The van der Waals surface area contributed by atoms with Gasteiger partial charge in [0, 0.05) is 24.7 Å². The van der Waals surface area contributed by atoms with Crippen LogP contribution in [0.5, 0.6) is 0 Å². The summed E-state index contributed by atoms with van der Waals surface area (Å²) < 4.78 is 77.2. The van der Waals surface area contributed by atoms with Gasteiger partial charge in [-0.1, -0.05) is 0 Å². The standard InChI is InChI=1S/C16H17F6N3O5/c17-15(18,19)9-4-8(5-10(6-9)16(20,21)22)12(26)24-7-11(25-14(29)30)2-1-3-23-13(27)28/h4-6,11,23,25H,1-3,7H2,(H,24,26)(H,27,28)(H,29,30). The molecule has 8 nitrogen and oxygen atoms in total. The molecular formula is C16H17F6N3O5. The highest BCUT2D eigenvalue weighted by atomic mass is 19.4. The first-order chi connectivity index (χ1) is 13.7. The number of alkyl halides is 6. The molecule has 0 aromatic heterocycles. The predicted octanol–water partition coefficient (Wildman–Crippen LogP) is 3.14. The van der Waals surface area contributed by atoms with Crippen molar-refractivity contribution in [2.45, 2.75) is 31.2 Å². The summed E-state index contributed by atoms with van der Waals surface area (Å²) in [5, 5.41) is 23.3. The number of carbonyl (C=O) groups excluding carboxylic acids is 1. The number of hydrogen-bond donors (Lipinski definition) is 5. The van der Waals surface area contributed by atoms with Crippen LogP contribution >= 0.6 is 0 Å². The molecule has 0 bridgehead atoms. The van der Waals surface area contributed by atoms with Crippen LogP contribution in [0.4, 0.5) is 35.9 Å². The Balaban J connectivity index is 2.92. The predicted molar refractivity (Wildman–Crippen MR) is 89.0 cm³/mol. The fourth-order valence-corrected chi connectivity index (χ4v) is 2.35. The molecule has 1 atom stereocenters. The van der Waals surface area contributed by atoms with E-state index < -0.39 is 59.7 Å². The van der Waals surface area contributed by atoms with Gasteiger partial charge >= 0.3 is 24.5 Å². The lowest BCUT2D eigenvalue weighted by Crippen LogP contribution is -2.43. The molecule has 0 saturated carbocycles. The lowest BCUT2D eigenvalue weighted by atomic mass is 10.0. The molecule has 1 unspecified atom stereocenters. The van der Waals surface area contributed by atoms with Crippen molar-refractivity contribution in [1.29, 1.82) is 0 Å². The van der Waals surface area contributed by atoms with E-state index in [-0.39, 0.29) is 37.6 Å². The van der Waals surface area contributed by atoms with E-state index in [4.69, 9.17) is 10.2 Å². The van der Waals surface area contributed by atoms with E-state index in [1.807, 2.05) is 10.6 Å². The molecule has 1 aromatic rings. The molecule has 0 aliphatic carbocycles. The van der Waals surface area contributed by atoms with Crippen molar-refractivity contribution in [1.82, 2.24) is 16.0 Å². The van der Waals surface area contributed by atoms with Gasteiger partial charge in [0.25, 0.3) is 5.91 Å². The van der Waals surface area contributed by atoms with Crippen LogP contribution in [0.2, 0.25) is 0 Å². The minimum Gasteiger partial charge on any atom is -0.465 e. The molecule has 1 rings (SSSR count). The first-order valence-corrected chi connectivity index (χ1v) is 8.24. The molecule has 0 heterocycles. The summed E-state index contributed by atoms with van der Waals surface area (Å²) in [4.78, 5) is 33.2. The highest BCUT2D eigenvalue weighted by molar-refractivity contribution is 5.94. The molecule has 168 valence electrons. The zero-order valence-corrected chi connectivity index (χ0v) is 15.0. The zero-order valence-electron chi connectivity index (χ0n) is 15.0. The van der Waals surface area contributed by atoms with Gasteiger partial charge in [-0.2, -0.15) is 26.3 Å². The lowest BCUT2D eigenvalue weighted by molar-refractivity contribution is -0.143. The van der Waals surface area contributed by atoms with Crippen molar-refractivity contribution < 1.29 is 50.9 Å². The summed E-state index contributed by atoms with van der Waals surface area (Å²) in [7, 11) is 0. The van der Waals surface area contributed by atoms with Crippen molar-refractivity contribution in [3.05, 3.63) is 34.9 Å². The number of carbonyl (C=O) groups is 3. The number of nitrogens with one attached hydrogen (secondary N) is 3. The molecule has 0 spiro atoms.